The number of carbonyl (C=O) groups excluding carboxylic acids is 1. The van der Waals surface area contributed by atoms with Crippen LogP contribution < -0.4 is 21.1 Å². The Morgan fingerprint density at radius 3 is 2.57 bits per heavy atom. The number of hydrazine groups is 1. The molecular weight excluding hydrogens is 312 g/mol. The van der Waals surface area contributed by atoms with Gasteiger partial charge in [0.25, 0.3) is 0 Å². The number of piperidine rings is 1. The quantitative estimate of drug-likeness (QED) is 0.782. The fourth-order valence-corrected chi connectivity index (χ4v) is 3.70. The number of benzene rings is 1. The molecular formula is C17H27ClN4O. The first-order valence-corrected chi connectivity index (χ1v) is 8.21. The first-order valence-electron chi connectivity index (χ1n) is 8.21. The van der Waals surface area contributed by atoms with E-state index in [2.05, 4.69) is 48.2 Å². The fraction of sp³-hybridized carbons (Fsp3) is 0.588. The molecule has 2 aliphatic heterocycles. The van der Waals surface area contributed by atoms with Crippen LogP contribution in [0.25, 0.3) is 0 Å². The molecule has 1 aromatic carbocycles. The summed E-state index contributed by atoms with van der Waals surface area (Å²) in [5.41, 5.74) is 9.92. The van der Waals surface area contributed by atoms with Crippen molar-refractivity contribution in [2.75, 3.05) is 24.5 Å². The third-order valence-corrected chi connectivity index (χ3v) is 4.75. The number of fused-ring (bicyclic) bond motifs is 1. The molecule has 3 rings (SSSR count). The zero-order chi connectivity index (χ0) is 15.7. The molecule has 3 atom stereocenters. The van der Waals surface area contributed by atoms with Crippen LogP contribution in [-0.2, 0) is 4.79 Å². The van der Waals surface area contributed by atoms with Crippen LogP contribution in [0.2, 0.25) is 0 Å². The summed E-state index contributed by atoms with van der Waals surface area (Å²) < 4.78 is 0. The maximum absolute atomic E-state index is 13.1. The van der Waals surface area contributed by atoms with E-state index in [1.165, 1.54) is 11.1 Å². The molecule has 6 heteroatoms. The summed E-state index contributed by atoms with van der Waals surface area (Å²) in [6.07, 6.45) is 1.07. The molecule has 3 unspecified atom stereocenters. The molecule has 0 aliphatic carbocycles. The molecule has 2 aliphatic rings. The van der Waals surface area contributed by atoms with Gasteiger partial charge in [-0.15, -0.1) is 12.4 Å². The lowest BCUT2D eigenvalue weighted by molar-refractivity contribution is -0.121. The number of hydrogen-bond acceptors (Lipinski definition) is 4. The van der Waals surface area contributed by atoms with E-state index in [9.17, 15) is 4.79 Å². The van der Waals surface area contributed by atoms with E-state index >= 15 is 0 Å². The van der Waals surface area contributed by atoms with Crippen molar-refractivity contribution in [3.8, 4) is 0 Å². The Morgan fingerprint density at radius 2 is 1.91 bits per heavy atom. The molecule has 2 heterocycles. The number of aryl methyl sites for hydroxylation is 2. The first-order chi connectivity index (χ1) is 10.6. The van der Waals surface area contributed by atoms with Gasteiger partial charge in [0.1, 0.15) is 6.04 Å². The molecule has 0 spiro atoms. The zero-order valence-corrected chi connectivity index (χ0v) is 14.9. The monoisotopic (exact) mass is 338 g/mol. The Labute approximate surface area is 144 Å². The summed E-state index contributed by atoms with van der Waals surface area (Å²) in [5.74, 6) is 0.484. The van der Waals surface area contributed by atoms with Gasteiger partial charge >= 0.3 is 0 Å². The smallest absolute Gasteiger partial charge is 0.245 e. The average molecular weight is 339 g/mol. The van der Waals surface area contributed by atoms with Crippen molar-refractivity contribution in [1.82, 2.24) is 16.2 Å². The molecule has 1 amide bonds. The highest BCUT2D eigenvalue weighted by atomic mass is 35.5. The second kappa shape index (κ2) is 7.62. The fourth-order valence-electron chi connectivity index (χ4n) is 3.70. The largest absolute Gasteiger partial charge is 0.316 e. The van der Waals surface area contributed by atoms with Gasteiger partial charge in [0.2, 0.25) is 5.91 Å². The van der Waals surface area contributed by atoms with Crippen molar-refractivity contribution in [2.24, 2.45) is 5.92 Å². The molecule has 5 nitrogen and oxygen atoms in total. The molecule has 2 fully saturated rings. The maximum Gasteiger partial charge on any atom is 0.245 e. The minimum absolute atomic E-state index is 0. The van der Waals surface area contributed by atoms with Crippen LogP contribution in [0.4, 0.5) is 5.69 Å². The van der Waals surface area contributed by atoms with Gasteiger partial charge in [0, 0.05) is 30.7 Å². The van der Waals surface area contributed by atoms with E-state index in [0.29, 0.717) is 18.5 Å². The molecule has 23 heavy (non-hydrogen) atoms. The maximum atomic E-state index is 13.1. The number of carbonyl (C=O) groups is 1. The lowest BCUT2D eigenvalue weighted by Crippen LogP contribution is -2.50. The van der Waals surface area contributed by atoms with E-state index < -0.39 is 0 Å². The summed E-state index contributed by atoms with van der Waals surface area (Å²) in [4.78, 5) is 14.9. The Balaban J connectivity index is 0.00000192. The summed E-state index contributed by atoms with van der Waals surface area (Å²) >= 11 is 0. The zero-order valence-electron chi connectivity index (χ0n) is 14.1. The lowest BCUT2D eigenvalue weighted by Gasteiger charge is -2.31. The number of likely N-dealkylation sites (N-methyl/N-ethyl adjacent to an activating group) is 1. The number of rotatable bonds is 3. The van der Waals surface area contributed by atoms with Gasteiger partial charge in [-0.25, -0.2) is 5.43 Å². The highest BCUT2D eigenvalue weighted by Gasteiger charge is 2.42. The third kappa shape index (κ3) is 3.69. The highest BCUT2D eigenvalue weighted by Crippen LogP contribution is 2.25. The number of hydrogen-bond donors (Lipinski definition) is 3. The van der Waals surface area contributed by atoms with Crippen molar-refractivity contribution in [3.05, 3.63) is 29.3 Å². The minimum atomic E-state index is -0.154. The van der Waals surface area contributed by atoms with Crippen molar-refractivity contribution < 1.29 is 4.79 Å². The van der Waals surface area contributed by atoms with Crippen molar-refractivity contribution in [2.45, 2.75) is 39.3 Å². The van der Waals surface area contributed by atoms with Crippen LogP contribution in [-0.4, -0.2) is 37.6 Å². The summed E-state index contributed by atoms with van der Waals surface area (Å²) in [7, 11) is 0. The van der Waals surface area contributed by atoms with E-state index in [1.807, 2.05) is 11.8 Å². The highest BCUT2D eigenvalue weighted by molar-refractivity contribution is 5.97. The Bertz CT molecular complexity index is 545. The summed E-state index contributed by atoms with van der Waals surface area (Å²) in [6, 6.07) is 6.56. The van der Waals surface area contributed by atoms with Crippen LogP contribution >= 0.6 is 12.4 Å². The number of amides is 1. The number of nitrogens with one attached hydrogen (secondary N) is 3. The standard InChI is InChI=1S/C17H26N4O.ClH/c1-4-21(13-8-11(2)7-12(3)9-13)17(22)16-14-10-18-6-5-15(14)19-20-16;/h7-9,14-16,18-20H,4-6,10H2,1-3H3;1H. The van der Waals surface area contributed by atoms with Gasteiger partial charge in [0.05, 0.1) is 0 Å². The van der Waals surface area contributed by atoms with Crippen molar-refractivity contribution in [1.29, 1.82) is 0 Å². The van der Waals surface area contributed by atoms with Crippen LogP contribution in [0.15, 0.2) is 18.2 Å². The lowest BCUT2D eigenvalue weighted by atomic mass is 9.88. The average Bonchev–Trinajstić information content (AvgIpc) is 2.90. The third-order valence-electron chi connectivity index (χ3n) is 4.75. The van der Waals surface area contributed by atoms with Crippen molar-refractivity contribution >= 4 is 24.0 Å². The SMILES string of the molecule is CCN(C(=O)C1NNC2CCNCC21)c1cc(C)cc(C)c1.Cl. The van der Waals surface area contributed by atoms with Gasteiger partial charge in [-0.1, -0.05) is 6.07 Å². The number of anilines is 1. The van der Waals surface area contributed by atoms with Gasteiger partial charge in [-0.05, 0) is 57.0 Å². The second-order valence-corrected chi connectivity index (χ2v) is 6.46. The van der Waals surface area contributed by atoms with Gasteiger partial charge < -0.3 is 10.2 Å². The summed E-state index contributed by atoms with van der Waals surface area (Å²) in [5, 5.41) is 3.41. The van der Waals surface area contributed by atoms with E-state index in [-0.39, 0.29) is 24.4 Å². The minimum Gasteiger partial charge on any atom is -0.316 e. The predicted octanol–water partition coefficient (Wildman–Crippen LogP) is 1.53. The van der Waals surface area contributed by atoms with Crippen LogP contribution in [0.5, 0.6) is 0 Å². The number of nitrogens with zero attached hydrogens (tertiary/aromatic N) is 1. The van der Waals surface area contributed by atoms with E-state index in [1.54, 1.807) is 0 Å². The van der Waals surface area contributed by atoms with Gasteiger partial charge in [-0.2, -0.15) is 0 Å². The van der Waals surface area contributed by atoms with Crippen molar-refractivity contribution in [3.63, 3.8) is 0 Å². The Kier molecular flexibility index (Phi) is 6.03. The molecule has 0 aromatic heterocycles. The molecule has 0 bridgehead atoms. The molecule has 0 saturated carbocycles. The predicted molar refractivity (Wildman–Crippen MR) is 96.0 cm³/mol. The topological polar surface area (TPSA) is 56.4 Å². The Morgan fingerprint density at radius 1 is 1.22 bits per heavy atom. The molecule has 1 aromatic rings. The molecule has 128 valence electrons. The number of halogens is 1. The van der Waals surface area contributed by atoms with Gasteiger partial charge in [0.15, 0.2) is 0 Å². The van der Waals surface area contributed by atoms with Crippen LogP contribution in [0, 0.1) is 19.8 Å². The second-order valence-electron chi connectivity index (χ2n) is 6.46. The first kappa shape index (κ1) is 18.2. The van der Waals surface area contributed by atoms with Crippen LogP contribution in [0.1, 0.15) is 24.5 Å². The van der Waals surface area contributed by atoms with Gasteiger partial charge in [-0.3, -0.25) is 10.2 Å². The van der Waals surface area contributed by atoms with E-state index in [4.69, 9.17) is 0 Å². The van der Waals surface area contributed by atoms with Crippen LogP contribution in [0.3, 0.4) is 0 Å². The molecule has 2 saturated heterocycles. The normalized spacial score (nSPS) is 26.3. The summed E-state index contributed by atoms with van der Waals surface area (Å²) in [6.45, 7) is 8.78. The Hall–Kier alpha value is -1.14. The molecule has 0 radical (unpaired) electrons. The van der Waals surface area contributed by atoms with E-state index in [0.717, 1.165) is 25.2 Å². The molecule has 3 N–H and O–H groups in total.